The van der Waals surface area contributed by atoms with Gasteiger partial charge in [-0.15, -0.1) is 0 Å². The minimum atomic E-state index is -2.81. The number of halogens is 2. The Kier molecular flexibility index (Phi) is 11.5. The van der Waals surface area contributed by atoms with Crippen LogP contribution in [0.15, 0.2) is 72.8 Å². The molecule has 0 aliphatic heterocycles. The van der Waals surface area contributed by atoms with Crippen molar-refractivity contribution in [2.45, 2.75) is 89.8 Å². The molecule has 2 aromatic carbocycles. The highest BCUT2D eigenvalue weighted by Crippen LogP contribution is 2.34. The largest absolute Gasteiger partial charge is 0.494 e. The van der Waals surface area contributed by atoms with E-state index in [1.165, 1.54) is 44.9 Å². The summed E-state index contributed by atoms with van der Waals surface area (Å²) in [5.74, 6) is 0.864. The van der Waals surface area contributed by atoms with Crippen molar-refractivity contribution in [3.05, 3.63) is 84.0 Å². The predicted octanol–water partition coefficient (Wildman–Crippen LogP) is 9.16. The summed E-state index contributed by atoms with van der Waals surface area (Å²) in [5.41, 5.74) is 2.22. The van der Waals surface area contributed by atoms with E-state index < -0.39 is 12.2 Å². The van der Waals surface area contributed by atoms with Crippen molar-refractivity contribution in [3.8, 4) is 5.75 Å². The van der Waals surface area contributed by atoms with Crippen molar-refractivity contribution in [1.82, 2.24) is 0 Å². The molecule has 0 fully saturated rings. The van der Waals surface area contributed by atoms with Crippen LogP contribution < -0.4 is 4.74 Å². The van der Waals surface area contributed by atoms with Gasteiger partial charge in [0.25, 0.3) is 0 Å². The fourth-order valence-electron chi connectivity index (χ4n) is 4.55. The second-order valence-electron chi connectivity index (χ2n) is 9.47. The van der Waals surface area contributed by atoms with E-state index in [0.29, 0.717) is 19.3 Å². The number of alkyl halides is 2. The number of unbranched alkanes of at least 4 members (excludes halogenated alkanes) is 7. The lowest BCUT2D eigenvalue weighted by atomic mass is 9.85. The van der Waals surface area contributed by atoms with Gasteiger partial charge in [0.15, 0.2) is 0 Å². The average molecular weight is 483 g/mol. The average Bonchev–Trinajstić information content (AvgIpc) is 2.88. The monoisotopic (exact) mass is 482 g/mol. The molecule has 2 nitrogen and oxygen atoms in total. The molecule has 1 atom stereocenters. The standard InChI is InChI=1S/C31H40F2O2/c1-2-3-4-5-6-7-8-12-25-34-29-17-15-26(16-18-29)19-22-31(35-30(32)33)23-20-28(21-24-31)27-13-10-9-11-14-27/h9-11,13-18,20-21,23,30H,2-8,12,19,22,24-25H2,1H3. The van der Waals surface area contributed by atoms with E-state index in [4.69, 9.17) is 9.47 Å². The number of rotatable bonds is 16. The first-order valence-electron chi connectivity index (χ1n) is 13.2. The molecule has 1 unspecified atom stereocenters. The van der Waals surface area contributed by atoms with Gasteiger partial charge in [0.2, 0.25) is 0 Å². The molecule has 0 spiro atoms. The molecule has 35 heavy (non-hydrogen) atoms. The zero-order chi connectivity index (χ0) is 24.8. The van der Waals surface area contributed by atoms with Crippen LogP contribution in [0.1, 0.15) is 82.3 Å². The Morgan fingerprint density at radius 2 is 1.54 bits per heavy atom. The molecule has 1 aliphatic rings. The molecule has 3 rings (SSSR count). The Morgan fingerprint density at radius 1 is 0.857 bits per heavy atom. The van der Waals surface area contributed by atoms with Gasteiger partial charge in [-0.3, -0.25) is 0 Å². The van der Waals surface area contributed by atoms with Crippen LogP contribution in [0.5, 0.6) is 5.75 Å². The van der Waals surface area contributed by atoms with Gasteiger partial charge in [0.1, 0.15) is 5.75 Å². The number of aryl methyl sites for hydroxylation is 1. The molecule has 1 aliphatic carbocycles. The van der Waals surface area contributed by atoms with Crippen LogP contribution in [-0.2, 0) is 11.2 Å². The van der Waals surface area contributed by atoms with E-state index in [1.54, 1.807) is 0 Å². The maximum Gasteiger partial charge on any atom is 0.346 e. The minimum absolute atomic E-state index is 0.428. The first-order valence-corrected chi connectivity index (χ1v) is 13.2. The maximum absolute atomic E-state index is 13.2. The summed E-state index contributed by atoms with van der Waals surface area (Å²) in [6.07, 6.45) is 17.5. The molecule has 0 N–H and O–H groups in total. The van der Waals surface area contributed by atoms with Crippen LogP contribution >= 0.6 is 0 Å². The lowest BCUT2D eigenvalue weighted by molar-refractivity contribution is -0.192. The Labute approximate surface area is 210 Å². The van der Waals surface area contributed by atoms with Crippen LogP contribution in [-0.4, -0.2) is 18.8 Å². The van der Waals surface area contributed by atoms with Crippen molar-refractivity contribution in [1.29, 1.82) is 0 Å². The topological polar surface area (TPSA) is 18.5 Å². The molecule has 0 amide bonds. The second kappa shape index (κ2) is 14.8. The summed E-state index contributed by atoms with van der Waals surface area (Å²) in [6, 6.07) is 18.0. The number of allylic oxidation sites excluding steroid dienone is 2. The van der Waals surface area contributed by atoms with Crippen molar-refractivity contribution in [2.24, 2.45) is 0 Å². The van der Waals surface area contributed by atoms with Gasteiger partial charge >= 0.3 is 6.61 Å². The molecular weight excluding hydrogens is 442 g/mol. The number of benzene rings is 2. The van der Waals surface area contributed by atoms with Gasteiger partial charge < -0.3 is 9.47 Å². The van der Waals surface area contributed by atoms with E-state index in [2.05, 4.69) is 6.92 Å². The molecule has 0 aromatic heterocycles. The Balaban J connectivity index is 1.43. The summed E-state index contributed by atoms with van der Waals surface area (Å²) in [4.78, 5) is 0. The molecule has 0 saturated carbocycles. The van der Waals surface area contributed by atoms with Gasteiger partial charge in [-0.2, -0.15) is 8.78 Å². The van der Waals surface area contributed by atoms with E-state index in [0.717, 1.165) is 35.5 Å². The van der Waals surface area contributed by atoms with Gasteiger partial charge in [-0.25, -0.2) is 0 Å². The molecule has 0 heterocycles. The first-order chi connectivity index (χ1) is 17.1. The van der Waals surface area contributed by atoms with Crippen LogP contribution in [0.2, 0.25) is 0 Å². The molecule has 0 radical (unpaired) electrons. The molecule has 0 saturated heterocycles. The highest BCUT2D eigenvalue weighted by molar-refractivity contribution is 5.75. The Morgan fingerprint density at radius 3 is 2.17 bits per heavy atom. The zero-order valence-corrected chi connectivity index (χ0v) is 21.1. The van der Waals surface area contributed by atoms with Crippen molar-refractivity contribution < 1.29 is 18.3 Å². The quantitative estimate of drug-likeness (QED) is 0.222. The fraction of sp³-hybridized carbons (Fsp3) is 0.484. The van der Waals surface area contributed by atoms with Crippen molar-refractivity contribution in [2.75, 3.05) is 6.61 Å². The van der Waals surface area contributed by atoms with Gasteiger partial charge in [-0.05, 0) is 54.5 Å². The number of hydrogen-bond acceptors (Lipinski definition) is 2. The third-order valence-corrected chi connectivity index (χ3v) is 6.69. The van der Waals surface area contributed by atoms with Crippen LogP contribution in [0.4, 0.5) is 8.78 Å². The van der Waals surface area contributed by atoms with Crippen molar-refractivity contribution in [3.63, 3.8) is 0 Å². The van der Waals surface area contributed by atoms with Gasteiger partial charge in [0.05, 0.1) is 12.2 Å². The summed E-state index contributed by atoms with van der Waals surface area (Å²) in [6.45, 7) is 0.175. The minimum Gasteiger partial charge on any atom is -0.494 e. The maximum atomic E-state index is 13.2. The summed E-state index contributed by atoms with van der Waals surface area (Å²) in [7, 11) is 0. The summed E-state index contributed by atoms with van der Waals surface area (Å²) >= 11 is 0. The fourth-order valence-corrected chi connectivity index (χ4v) is 4.55. The Hall–Kier alpha value is -2.46. The molecule has 2 aromatic rings. The lowest BCUT2D eigenvalue weighted by Crippen LogP contribution is -2.34. The summed E-state index contributed by atoms with van der Waals surface area (Å²) < 4.78 is 37.5. The highest BCUT2D eigenvalue weighted by Gasteiger charge is 2.32. The summed E-state index contributed by atoms with van der Waals surface area (Å²) in [5, 5.41) is 0. The smallest absolute Gasteiger partial charge is 0.346 e. The van der Waals surface area contributed by atoms with Gasteiger partial charge in [0, 0.05) is 0 Å². The zero-order valence-electron chi connectivity index (χ0n) is 21.1. The second-order valence-corrected chi connectivity index (χ2v) is 9.47. The lowest BCUT2D eigenvalue weighted by Gasteiger charge is -2.32. The number of ether oxygens (including phenoxy) is 2. The van der Waals surface area contributed by atoms with Crippen LogP contribution in [0.25, 0.3) is 5.57 Å². The van der Waals surface area contributed by atoms with E-state index in [1.807, 2.05) is 72.8 Å². The van der Waals surface area contributed by atoms with Crippen LogP contribution in [0.3, 0.4) is 0 Å². The highest BCUT2D eigenvalue weighted by atomic mass is 19.3. The van der Waals surface area contributed by atoms with E-state index >= 15 is 0 Å². The molecule has 190 valence electrons. The Bertz CT molecular complexity index is 905. The molecular formula is C31H40F2O2. The van der Waals surface area contributed by atoms with Gasteiger partial charge in [-0.1, -0.05) is 113 Å². The first kappa shape index (κ1) is 27.1. The van der Waals surface area contributed by atoms with E-state index in [9.17, 15) is 8.78 Å². The third kappa shape index (κ3) is 9.60. The third-order valence-electron chi connectivity index (χ3n) is 6.69. The van der Waals surface area contributed by atoms with Crippen molar-refractivity contribution >= 4 is 5.57 Å². The molecule has 0 bridgehead atoms. The predicted molar refractivity (Wildman–Crippen MR) is 141 cm³/mol. The molecule has 4 heteroatoms. The van der Waals surface area contributed by atoms with Crippen LogP contribution in [0, 0.1) is 0 Å². The van der Waals surface area contributed by atoms with E-state index in [-0.39, 0.29) is 0 Å². The number of hydrogen-bond donors (Lipinski definition) is 0. The SMILES string of the molecule is CCCCCCCCCCOc1ccc(CCC2(OC(F)F)C=CC(c3ccccc3)=CC2)cc1. The normalized spacial score (nSPS) is 17.5.